The summed E-state index contributed by atoms with van der Waals surface area (Å²) in [4.78, 5) is 2.65. The molecule has 0 radical (unpaired) electrons. The standard InChI is InChI=1S/C25H29N3O4S2/c1-21-12-14-24(15-13-21)34(31,32)28-18-16-27(17-19-28)25(22-8-4-2-5-9-22)20-26-33(29,30)23-10-6-3-7-11-23/h2-15,25-26H,16-20H2,1H3/t25-/m0/s1. The number of nitrogens with one attached hydrogen (secondary N) is 1. The predicted molar refractivity (Wildman–Crippen MR) is 132 cm³/mol. The molecule has 1 fully saturated rings. The van der Waals surface area contributed by atoms with E-state index in [9.17, 15) is 16.8 Å². The van der Waals surface area contributed by atoms with E-state index in [-0.39, 0.29) is 17.5 Å². The van der Waals surface area contributed by atoms with E-state index in [0.717, 1.165) is 11.1 Å². The van der Waals surface area contributed by atoms with E-state index in [4.69, 9.17) is 0 Å². The van der Waals surface area contributed by atoms with Crippen molar-refractivity contribution < 1.29 is 16.8 Å². The smallest absolute Gasteiger partial charge is 0.243 e. The van der Waals surface area contributed by atoms with Gasteiger partial charge in [-0.05, 0) is 36.8 Å². The number of sulfonamides is 2. The molecule has 9 heteroatoms. The van der Waals surface area contributed by atoms with Crippen LogP contribution in [0.5, 0.6) is 0 Å². The first kappa shape index (κ1) is 24.6. The van der Waals surface area contributed by atoms with Gasteiger partial charge in [-0.1, -0.05) is 66.2 Å². The molecule has 0 amide bonds. The molecule has 3 aromatic carbocycles. The molecule has 34 heavy (non-hydrogen) atoms. The largest absolute Gasteiger partial charge is 0.292 e. The van der Waals surface area contributed by atoms with E-state index in [1.807, 2.05) is 37.3 Å². The summed E-state index contributed by atoms with van der Waals surface area (Å²) in [5, 5.41) is 0. The molecule has 4 rings (SSSR count). The maximum absolute atomic E-state index is 13.1. The Balaban J connectivity index is 1.48. The minimum Gasteiger partial charge on any atom is -0.292 e. The van der Waals surface area contributed by atoms with Gasteiger partial charge in [0.05, 0.1) is 9.79 Å². The lowest BCUT2D eigenvalue weighted by Gasteiger charge is -2.39. The Hall–Kier alpha value is -2.56. The third-order valence-electron chi connectivity index (χ3n) is 6.08. The van der Waals surface area contributed by atoms with Gasteiger partial charge in [0.15, 0.2) is 0 Å². The highest BCUT2D eigenvalue weighted by atomic mass is 32.2. The molecule has 1 heterocycles. The van der Waals surface area contributed by atoms with E-state index in [1.54, 1.807) is 54.6 Å². The molecule has 0 bridgehead atoms. The van der Waals surface area contributed by atoms with Gasteiger partial charge in [0.25, 0.3) is 0 Å². The highest BCUT2D eigenvalue weighted by Crippen LogP contribution is 2.25. The summed E-state index contributed by atoms with van der Waals surface area (Å²) in [7, 11) is -7.23. The zero-order valence-corrected chi connectivity index (χ0v) is 20.7. The highest BCUT2D eigenvalue weighted by Gasteiger charge is 2.32. The van der Waals surface area contributed by atoms with Crippen molar-refractivity contribution in [2.75, 3.05) is 32.7 Å². The molecule has 1 saturated heterocycles. The number of rotatable bonds is 8. The van der Waals surface area contributed by atoms with Crippen molar-refractivity contribution in [2.45, 2.75) is 22.8 Å². The van der Waals surface area contributed by atoms with Crippen LogP contribution in [0, 0.1) is 6.92 Å². The second-order valence-electron chi connectivity index (χ2n) is 8.34. The summed E-state index contributed by atoms with van der Waals surface area (Å²) in [6.45, 7) is 3.78. The van der Waals surface area contributed by atoms with Crippen molar-refractivity contribution in [3.63, 3.8) is 0 Å². The van der Waals surface area contributed by atoms with Crippen molar-refractivity contribution in [1.29, 1.82) is 0 Å². The van der Waals surface area contributed by atoms with Gasteiger partial charge in [-0.3, -0.25) is 4.90 Å². The quantitative estimate of drug-likeness (QED) is 0.515. The van der Waals surface area contributed by atoms with Gasteiger partial charge in [0.1, 0.15) is 0 Å². The maximum Gasteiger partial charge on any atom is 0.243 e. The number of piperazine rings is 1. The van der Waals surface area contributed by atoms with Gasteiger partial charge in [0.2, 0.25) is 20.0 Å². The Kier molecular flexibility index (Phi) is 7.49. The summed E-state index contributed by atoms with van der Waals surface area (Å²) >= 11 is 0. The summed E-state index contributed by atoms with van der Waals surface area (Å²) in [6.07, 6.45) is 0. The van der Waals surface area contributed by atoms with Gasteiger partial charge < -0.3 is 0 Å². The van der Waals surface area contributed by atoms with E-state index in [2.05, 4.69) is 9.62 Å². The Morgan fingerprint density at radius 2 is 1.29 bits per heavy atom. The Morgan fingerprint density at radius 3 is 1.88 bits per heavy atom. The molecule has 0 aliphatic carbocycles. The fourth-order valence-electron chi connectivity index (χ4n) is 4.12. The highest BCUT2D eigenvalue weighted by molar-refractivity contribution is 7.89. The van der Waals surface area contributed by atoms with Gasteiger partial charge in [-0.15, -0.1) is 0 Å². The molecule has 1 aliphatic heterocycles. The van der Waals surface area contributed by atoms with Crippen LogP contribution in [0.1, 0.15) is 17.2 Å². The van der Waals surface area contributed by atoms with Crippen LogP contribution in [-0.4, -0.2) is 58.8 Å². The average Bonchev–Trinajstić information content (AvgIpc) is 2.86. The SMILES string of the molecule is Cc1ccc(S(=O)(=O)N2CCN([C@@H](CNS(=O)(=O)c3ccccc3)c3ccccc3)CC2)cc1. The Labute approximate surface area is 202 Å². The molecule has 0 aromatic heterocycles. The lowest BCUT2D eigenvalue weighted by atomic mass is 10.0. The summed E-state index contributed by atoms with van der Waals surface area (Å²) < 4.78 is 56.0. The van der Waals surface area contributed by atoms with Crippen molar-refractivity contribution in [3.8, 4) is 0 Å². The van der Waals surface area contributed by atoms with Crippen LogP contribution in [-0.2, 0) is 20.0 Å². The first-order valence-corrected chi connectivity index (χ1v) is 14.1. The number of nitrogens with zero attached hydrogens (tertiary/aromatic N) is 2. The predicted octanol–water partition coefficient (Wildman–Crippen LogP) is 3.02. The van der Waals surface area contributed by atoms with E-state index < -0.39 is 20.0 Å². The average molecular weight is 500 g/mol. The molecular formula is C25H29N3O4S2. The number of hydrogen-bond donors (Lipinski definition) is 1. The second kappa shape index (κ2) is 10.4. The van der Waals surface area contributed by atoms with Crippen LogP contribution in [0.2, 0.25) is 0 Å². The minimum absolute atomic E-state index is 0.186. The molecule has 1 atom stereocenters. The summed E-state index contributed by atoms with van der Waals surface area (Å²) in [5.41, 5.74) is 1.99. The molecule has 0 unspecified atom stereocenters. The topological polar surface area (TPSA) is 86.8 Å². The summed E-state index contributed by atoms with van der Waals surface area (Å²) in [6, 6.07) is 24.6. The van der Waals surface area contributed by atoms with Crippen molar-refractivity contribution in [1.82, 2.24) is 13.9 Å². The number of aryl methyl sites for hydroxylation is 1. The molecule has 7 nitrogen and oxygen atoms in total. The van der Waals surface area contributed by atoms with Crippen LogP contribution in [0.25, 0.3) is 0 Å². The Bertz CT molecular complexity index is 1290. The molecule has 3 aromatic rings. The van der Waals surface area contributed by atoms with Crippen LogP contribution in [0.15, 0.2) is 94.7 Å². The van der Waals surface area contributed by atoms with E-state index in [0.29, 0.717) is 31.1 Å². The zero-order valence-electron chi connectivity index (χ0n) is 19.0. The van der Waals surface area contributed by atoms with Crippen LogP contribution in [0.4, 0.5) is 0 Å². The number of benzene rings is 3. The molecule has 1 N–H and O–H groups in total. The maximum atomic E-state index is 13.1. The molecular weight excluding hydrogens is 470 g/mol. The van der Waals surface area contributed by atoms with Crippen LogP contribution >= 0.6 is 0 Å². The molecule has 0 spiro atoms. The molecule has 180 valence electrons. The lowest BCUT2D eigenvalue weighted by molar-refractivity contribution is 0.138. The van der Waals surface area contributed by atoms with Gasteiger partial charge in [-0.25, -0.2) is 21.6 Å². The Morgan fingerprint density at radius 1 is 0.735 bits per heavy atom. The molecule has 1 aliphatic rings. The molecule has 0 saturated carbocycles. The third-order valence-corrected chi connectivity index (χ3v) is 9.43. The van der Waals surface area contributed by atoms with Crippen LogP contribution < -0.4 is 4.72 Å². The van der Waals surface area contributed by atoms with E-state index >= 15 is 0 Å². The lowest BCUT2D eigenvalue weighted by Crippen LogP contribution is -2.51. The van der Waals surface area contributed by atoms with Crippen molar-refractivity contribution in [2.24, 2.45) is 0 Å². The van der Waals surface area contributed by atoms with Crippen molar-refractivity contribution in [3.05, 3.63) is 96.1 Å². The van der Waals surface area contributed by atoms with Crippen LogP contribution in [0.3, 0.4) is 0 Å². The normalized spacial score (nSPS) is 16.9. The van der Waals surface area contributed by atoms with Gasteiger partial charge >= 0.3 is 0 Å². The van der Waals surface area contributed by atoms with E-state index in [1.165, 1.54) is 4.31 Å². The zero-order chi connectivity index (χ0) is 24.2. The third kappa shape index (κ3) is 5.56. The van der Waals surface area contributed by atoms with Gasteiger partial charge in [-0.2, -0.15) is 4.31 Å². The van der Waals surface area contributed by atoms with Crippen molar-refractivity contribution >= 4 is 20.0 Å². The monoisotopic (exact) mass is 499 g/mol. The number of hydrogen-bond acceptors (Lipinski definition) is 5. The fraction of sp³-hybridized carbons (Fsp3) is 0.280. The first-order valence-electron chi connectivity index (χ1n) is 11.2. The minimum atomic E-state index is -3.66. The summed E-state index contributed by atoms with van der Waals surface area (Å²) in [5.74, 6) is 0. The second-order valence-corrected chi connectivity index (χ2v) is 12.0. The fourth-order valence-corrected chi connectivity index (χ4v) is 6.60. The first-order chi connectivity index (χ1) is 16.3. The van der Waals surface area contributed by atoms with Gasteiger partial charge in [0, 0.05) is 38.8 Å².